The Morgan fingerprint density at radius 2 is 2.00 bits per heavy atom. The van der Waals surface area contributed by atoms with Gasteiger partial charge in [0, 0.05) is 45.2 Å². The number of hydrogen-bond donors (Lipinski definition) is 0. The SMILES string of the molecule is c1ncc(O[C@H]2C[C@@H]3CN(CC4CC4)CCN3C2)cn1. The van der Waals surface area contributed by atoms with Crippen molar-refractivity contribution in [3.63, 3.8) is 0 Å². The van der Waals surface area contributed by atoms with Gasteiger partial charge in [-0.25, -0.2) is 9.97 Å². The van der Waals surface area contributed by atoms with Gasteiger partial charge in [-0.1, -0.05) is 0 Å². The van der Waals surface area contributed by atoms with E-state index in [9.17, 15) is 0 Å². The van der Waals surface area contributed by atoms with E-state index in [4.69, 9.17) is 4.74 Å². The van der Waals surface area contributed by atoms with Crippen molar-refractivity contribution in [3.8, 4) is 5.75 Å². The number of aromatic nitrogens is 2. The molecule has 1 saturated carbocycles. The Hall–Kier alpha value is -1.20. The van der Waals surface area contributed by atoms with E-state index in [0.717, 1.165) is 24.6 Å². The molecule has 20 heavy (non-hydrogen) atoms. The summed E-state index contributed by atoms with van der Waals surface area (Å²) in [6, 6.07) is 0.678. The summed E-state index contributed by atoms with van der Waals surface area (Å²) >= 11 is 0. The van der Waals surface area contributed by atoms with Crippen LogP contribution < -0.4 is 4.74 Å². The van der Waals surface area contributed by atoms with Crippen LogP contribution in [0.1, 0.15) is 19.3 Å². The van der Waals surface area contributed by atoms with Crippen LogP contribution in [0.2, 0.25) is 0 Å². The van der Waals surface area contributed by atoms with Gasteiger partial charge >= 0.3 is 0 Å². The highest BCUT2D eigenvalue weighted by molar-refractivity contribution is 5.11. The first-order valence-corrected chi connectivity index (χ1v) is 7.75. The molecule has 0 N–H and O–H groups in total. The fourth-order valence-electron chi connectivity index (χ4n) is 3.52. The molecule has 108 valence electrons. The maximum atomic E-state index is 6.01. The largest absolute Gasteiger partial charge is 0.486 e. The van der Waals surface area contributed by atoms with Crippen molar-refractivity contribution in [1.29, 1.82) is 0 Å². The molecule has 0 aromatic carbocycles. The second kappa shape index (κ2) is 5.30. The Balaban J connectivity index is 1.32. The Labute approximate surface area is 120 Å². The van der Waals surface area contributed by atoms with Crippen LogP contribution in [0, 0.1) is 5.92 Å². The molecule has 1 aliphatic carbocycles. The van der Waals surface area contributed by atoms with Crippen LogP contribution in [0.4, 0.5) is 0 Å². The molecule has 1 aromatic rings. The van der Waals surface area contributed by atoms with Gasteiger partial charge in [-0.15, -0.1) is 0 Å². The molecule has 0 unspecified atom stereocenters. The summed E-state index contributed by atoms with van der Waals surface area (Å²) in [6.07, 6.45) is 9.38. The molecule has 0 radical (unpaired) electrons. The second-order valence-corrected chi connectivity index (χ2v) is 6.40. The molecular weight excluding hydrogens is 252 g/mol. The Morgan fingerprint density at radius 1 is 1.15 bits per heavy atom. The predicted molar refractivity (Wildman–Crippen MR) is 75.6 cm³/mol. The minimum atomic E-state index is 0.298. The molecule has 5 heteroatoms. The Morgan fingerprint density at radius 3 is 2.80 bits per heavy atom. The van der Waals surface area contributed by atoms with Crippen LogP contribution in [0.15, 0.2) is 18.7 Å². The first kappa shape index (κ1) is 12.5. The molecule has 4 rings (SSSR count). The number of hydrogen-bond acceptors (Lipinski definition) is 5. The standard InChI is InChI=1S/C15H22N4O/c1-2-12(1)8-18-3-4-19-10-14(5-13(19)9-18)20-15-6-16-11-17-7-15/h6-7,11-14H,1-5,8-10H2/t13-,14+/m1/s1. The first-order chi connectivity index (χ1) is 9.87. The van der Waals surface area contributed by atoms with Crippen LogP contribution in [-0.4, -0.2) is 64.6 Å². The highest BCUT2D eigenvalue weighted by Gasteiger charge is 2.38. The Bertz CT molecular complexity index is 450. The van der Waals surface area contributed by atoms with Crippen LogP contribution >= 0.6 is 0 Å². The fourth-order valence-corrected chi connectivity index (χ4v) is 3.52. The number of piperazine rings is 1. The molecule has 3 fully saturated rings. The van der Waals surface area contributed by atoms with Gasteiger partial charge in [0.25, 0.3) is 0 Å². The zero-order valence-electron chi connectivity index (χ0n) is 11.8. The molecule has 1 aromatic heterocycles. The van der Waals surface area contributed by atoms with Gasteiger partial charge < -0.3 is 9.64 Å². The van der Waals surface area contributed by atoms with Crippen molar-refractivity contribution in [2.45, 2.75) is 31.4 Å². The van der Waals surface area contributed by atoms with Crippen LogP contribution in [-0.2, 0) is 0 Å². The molecular formula is C15H22N4O. The quantitative estimate of drug-likeness (QED) is 0.820. The van der Waals surface area contributed by atoms with E-state index in [2.05, 4.69) is 19.8 Å². The van der Waals surface area contributed by atoms with Gasteiger partial charge in [-0.3, -0.25) is 4.90 Å². The van der Waals surface area contributed by atoms with Gasteiger partial charge in [0.2, 0.25) is 0 Å². The zero-order chi connectivity index (χ0) is 13.4. The third-order valence-electron chi connectivity index (χ3n) is 4.71. The average molecular weight is 274 g/mol. The fraction of sp³-hybridized carbons (Fsp3) is 0.733. The van der Waals surface area contributed by atoms with E-state index in [1.165, 1.54) is 39.0 Å². The van der Waals surface area contributed by atoms with E-state index in [1.807, 2.05) is 0 Å². The van der Waals surface area contributed by atoms with E-state index < -0.39 is 0 Å². The molecule has 5 nitrogen and oxygen atoms in total. The van der Waals surface area contributed by atoms with Gasteiger partial charge in [0.1, 0.15) is 12.4 Å². The molecule has 2 atom stereocenters. The summed E-state index contributed by atoms with van der Waals surface area (Å²) in [7, 11) is 0. The van der Waals surface area contributed by atoms with Gasteiger partial charge in [0.15, 0.2) is 5.75 Å². The summed E-state index contributed by atoms with van der Waals surface area (Å²) in [6.45, 7) is 6.03. The summed E-state index contributed by atoms with van der Waals surface area (Å²) < 4.78 is 6.01. The van der Waals surface area contributed by atoms with Crippen LogP contribution in [0.25, 0.3) is 0 Å². The molecule has 2 aliphatic heterocycles. The highest BCUT2D eigenvalue weighted by atomic mass is 16.5. The second-order valence-electron chi connectivity index (χ2n) is 6.40. The monoisotopic (exact) mass is 274 g/mol. The highest BCUT2D eigenvalue weighted by Crippen LogP contribution is 2.32. The molecule has 3 aliphatic rings. The minimum absolute atomic E-state index is 0.298. The molecule has 0 amide bonds. The lowest BCUT2D eigenvalue weighted by Gasteiger charge is -2.37. The van der Waals surface area contributed by atoms with E-state index in [-0.39, 0.29) is 0 Å². The maximum absolute atomic E-state index is 6.01. The van der Waals surface area contributed by atoms with E-state index in [1.54, 1.807) is 18.7 Å². The number of ether oxygens (including phenoxy) is 1. The lowest BCUT2D eigenvalue weighted by molar-refractivity contribution is 0.0994. The van der Waals surface area contributed by atoms with Crippen molar-refractivity contribution in [1.82, 2.24) is 19.8 Å². The molecule has 0 bridgehead atoms. The lowest BCUT2D eigenvalue weighted by atomic mass is 10.1. The Kier molecular flexibility index (Phi) is 3.32. The lowest BCUT2D eigenvalue weighted by Crippen LogP contribution is -2.50. The molecule has 3 heterocycles. The summed E-state index contributed by atoms with van der Waals surface area (Å²) in [5.41, 5.74) is 0. The maximum Gasteiger partial charge on any atom is 0.156 e. The molecule has 0 spiro atoms. The topological polar surface area (TPSA) is 41.5 Å². The van der Waals surface area contributed by atoms with E-state index in [0.29, 0.717) is 12.1 Å². The summed E-state index contributed by atoms with van der Waals surface area (Å²) in [5.74, 6) is 1.80. The van der Waals surface area contributed by atoms with Gasteiger partial charge in [0.05, 0.1) is 12.4 Å². The van der Waals surface area contributed by atoms with Gasteiger partial charge in [-0.2, -0.15) is 0 Å². The normalized spacial score (nSPS) is 31.2. The van der Waals surface area contributed by atoms with Crippen molar-refractivity contribution in [2.75, 3.05) is 32.7 Å². The number of nitrogens with zero attached hydrogens (tertiary/aromatic N) is 4. The van der Waals surface area contributed by atoms with E-state index >= 15 is 0 Å². The third-order valence-corrected chi connectivity index (χ3v) is 4.71. The summed E-state index contributed by atoms with van der Waals surface area (Å²) in [5, 5.41) is 0. The first-order valence-electron chi connectivity index (χ1n) is 7.75. The summed E-state index contributed by atoms with van der Waals surface area (Å²) in [4.78, 5) is 13.3. The zero-order valence-corrected chi connectivity index (χ0v) is 11.8. The van der Waals surface area contributed by atoms with Crippen LogP contribution in [0.5, 0.6) is 5.75 Å². The minimum Gasteiger partial charge on any atom is -0.486 e. The predicted octanol–water partition coefficient (Wildman–Crippen LogP) is 1.02. The van der Waals surface area contributed by atoms with Crippen molar-refractivity contribution in [2.24, 2.45) is 5.92 Å². The van der Waals surface area contributed by atoms with Crippen LogP contribution in [0.3, 0.4) is 0 Å². The van der Waals surface area contributed by atoms with Crippen molar-refractivity contribution < 1.29 is 4.74 Å². The number of rotatable bonds is 4. The molecule has 2 saturated heterocycles. The van der Waals surface area contributed by atoms with Crippen molar-refractivity contribution in [3.05, 3.63) is 18.7 Å². The van der Waals surface area contributed by atoms with Crippen molar-refractivity contribution >= 4 is 0 Å². The smallest absolute Gasteiger partial charge is 0.156 e. The third kappa shape index (κ3) is 2.79. The van der Waals surface area contributed by atoms with Gasteiger partial charge in [-0.05, 0) is 18.8 Å². The number of fused-ring (bicyclic) bond motifs is 1. The average Bonchev–Trinajstić information content (AvgIpc) is 3.18.